The van der Waals surface area contributed by atoms with E-state index in [-0.39, 0.29) is 24.4 Å². The maximum absolute atomic E-state index is 13.1. The van der Waals surface area contributed by atoms with Gasteiger partial charge in [0.25, 0.3) is 0 Å². The molecule has 1 aromatic carbocycles. The van der Waals surface area contributed by atoms with Gasteiger partial charge in [0.1, 0.15) is 6.33 Å². The monoisotopic (exact) mass is 284 g/mol. The van der Waals surface area contributed by atoms with E-state index in [0.29, 0.717) is 6.33 Å². The second-order valence-corrected chi connectivity index (χ2v) is 4.01. The third kappa shape index (κ3) is 2.64. The van der Waals surface area contributed by atoms with E-state index < -0.39 is 17.3 Å². The first kappa shape index (κ1) is 14.1. The first-order valence-corrected chi connectivity index (χ1v) is 5.65. The molecule has 2 N–H and O–H groups in total. The van der Waals surface area contributed by atoms with E-state index in [9.17, 15) is 18.0 Å². The van der Waals surface area contributed by atoms with Gasteiger partial charge >= 0.3 is 5.69 Å². The van der Waals surface area contributed by atoms with E-state index in [1.165, 1.54) is 6.07 Å². The molecule has 0 fully saturated rings. The van der Waals surface area contributed by atoms with Crippen LogP contribution in [0.25, 0.3) is 5.69 Å². The summed E-state index contributed by atoms with van der Waals surface area (Å²) in [5.74, 6) is -2.09. The van der Waals surface area contributed by atoms with Crippen LogP contribution in [0.5, 0.6) is 0 Å². The number of aromatic nitrogens is 3. The van der Waals surface area contributed by atoms with Gasteiger partial charge in [-0.25, -0.2) is 27.2 Å². The number of nitrogens with zero attached hydrogens (tertiary/aromatic N) is 3. The highest BCUT2D eigenvalue weighted by molar-refractivity contribution is 5.32. The molecule has 0 radical (unpaired) electrons. The maximum Gasteiger partial charge on any atom is 0.350 e. The summed E-state index contributed by atoms with van der Waals surface area (Å²) in [5, 5.41) is 3.77. The summed E-state index contributed by atoms with van der Waals surface area (Å²) in [6, 6.07) is 3.01. The van der Waals surface area contributed by atoms with Crippen molar-refractivity contribution in [1.29, 1.82) is 0 Å². The van der Waals surface area contributed by atoms with Gasteiger partial charge < -0.3 is 5.73 Å². The van der Waals surface area contributed by atoms with Crippen molar-refractivity contribution >= 4 is 0 Å². The molecule has 5 nitrogen and oxygen atoms in total. The quantitative estimate of drug-likeness (QED) is 0.915. The summed E-state index contributed by atoms with van der Waals surface area (Å²) in [5.41, 5.74) is 4.99. The lowest BCUT2D eigenvalue weighted by atomic mass is 10.3. The predicted octanol–water partition coefficient (Wildman–Crippen LogP) is 1.12. The van der Waals surface area contributed by atoms with Crippen LogP contribution in [-0.4, -0.2) is 20.9 Å². The average Bonchev–Trinajstić information content (AvgIpc) is 2.80. The van der Waals surface area contributed by atoms with Gasteiger partial charge in [-0.3, -0.25) is 0 Å². The smallest absolute Gasteiger partial charge is 0.327 e. The summed E-state index contributed by atoms with van der Waals surface area (Å²) in [7, 11) is 0. The Bertz CT molecular complexity index is 705. The lowest BCUT2D eigenvalue weighted by Crippen LogP contribution is -2.26. The van der Waals surface area contributed by atoms with Crippen LogP contribution in [0, 0.1) is 11.6 Å². The second-order valence-electron chi connectivity index (χ2n) is 4.01. The molecule has 20 heavy (non-hydrogen) atoms. The predicted molar refractivity (Wildman–Crippen MR) is 66.0 cm³/mol. The first-order chi connectivity index (χ1) is 9.56. The Morgan fingerprint density at radius 2 is 2.10 bits per heavy atom. The van der Waals surface area contributed by atoms with E-state index in [2.05, 4.69) is 5.10 Å². The molecule has 0 spiro atoms. The van der Waals surface area contributed by atoms with Gasteiger partial charge in [0.05, 0.1) is 18.6 Å². The lowest BCUT2D eigenvalue weighted by molar-refractivity contribution is 0.507. The van der Waals surface area contributed by atoms with Crippen LogP contribution in [0.1, 0.15) is 0 Å². The van der Waals surface area contributed by atoms with Gasteiger partial charge in [0.15, 0.2) is 11.6 Å². The molecule has 1 aromatic heterocycles. The summed E-state index contributed by atoms with van der Waals surface area (Å²) < 4.78 is 40.4. The number of nitrogens with two attached hydrogens (primary N) is 1. The molecule has 2 rings (SSSR count). The lowest BCUT2D eigenvalue weighted by Gasteiger charge is -2.02. The van der Waals surface area contributed by atoms with Crippen molar-refractivity contribution in [2.24, 2.45) is 5.73 Å². The Morgan fingerprint density at radius 3 is 2.70 bits per heavy atom. The molecular formula is C12H11F3N4O. The topological polar surface area (TPSA) is 65.8 Å². The Balaban J connectivity index is 2.38. The fourth-order valence-electron chi connectivity index (χ4n) is 1.59. The highest BCUT2D eigenvalue weighted by atomic mass is 19.2. The molecular weight excluding hydrogens is 273 g/mol. The van der Waals surface area contributed by atoms with Crippen molar-refractivity contribution in [2.75, 3.05) is 6.54 Å². The van der Waals surface area contributed by atoms with Crippen molar-refractivity contribution in [3.63, 3.8) is 0 Å². The van der Waals surface area contributed by atoms with Crippen molar-refractivity contribution in [1.82, 2.24) is 14.3 Å². The summed E-state index contributed by atoms with van der Waals surface area (Å²) >= 11 is 0. The van der Waals surface area contributed by atoms with Crippen LogP contribution in [0.15, 0.2) is 41.2 Å². The molecule has 0 saturated heterocycles. The third-order valence-corrected chi connectivity index (χ3v) is 2.68. The fourth-order valence-corrected chi connectivity index (χ4v) is 1.59. The first-order valence-electron chi connectivity index (χ1n) is 5.65. The third-order valence-electron chi connectivity index (χ3n) is 2.68. The zero-order chi connectivity index (χ0) is 14.7. The van der Waals surface area contributed by atoms with Crippen LogP contribution >= 0.6 is 0 Å². The number of hydrogen-bond donors (Lipinski definition) is 1. The number of halogens is 3. The molecule has 0 aliphatic heterocycles. The van der Waals surface area contributed by atoms with Crippen LogP contribution < -0.4 is 11.4 Å². The Labute approximate surface area is 111 Å². The molecule has 0 aliphatic carbocycles. The van der Waals surface area contributed by atoms with Crippen molar-refractivity contribution < 1.29 is 13.2 Å². The summed E-state index contributed by atoms with van der Waals surface area (Å²) in [6.07, 6.45) is 1.45. The second kappa shape index (κ2) is 5.74. The molecule has 0 saturated carbocycles. The van der Waals surface area contributed by atoms with Gasteiger partial charge in [-0.05, 0) is 17.7 Å². The van der Waals surface area contributed by atoms with E-state index in [1.54, 1.807) is 0 Å². The Morgan fingerprint density at radius 1 is 1.35 bits per heavy atom. The molecule has 0 amide bonds. The molecule has 106 valence electrons. The molecule has 2 aromatic rings. The normalized spacial score (nSPS) is 11.9. The number of rotatable bonds is 4. The van der Waals surface area contributed by atoms with Gasteiger partial charge in [-0.2, -0.15) is 5.10 Å². The maximum atomic E-state index is 13.1. The highest BCUT2D eigenvalue weighted by Crippen LogP contribution is 2.11. The van der Waals surface area contributed by atoms with Crippen LogP contribution in [0.4, 0.5) is 13.2 Å². The largest absolute Gasteiger partial charge is 0.350 e. The number of hydrogen-bond acceptors (Lipinski definition) is 3. The van der Waals surface area contributed by atoms with Gasteiger partial charge in [0.2, 0.25) is 0 Å². The van der Waals surface area contributed by atoms with Gasteiger partial charge in [-0.1, -0.05) is 0 Å². The van der Waals surface area contributed by atoms with Crippen molar-refractivity contribution in [3.8, 4) is 5.69 Å². The summed E-state index contributed by atoms with van der Waals surface area (Å²) in [4.78, 5) is 12.0. The zero-order valence-electron chi connectivity index (χ0n) is 10.3. The molecule has 0 atom stereocenters. The van der Waals surface area contributed by atoms with E-state index in [4.69, 9.17) is 5.73 Å². The van der Waals surface area contributed by atoms with Crippen molar-refractivity contribution in [2.45, 2.75) is 6.54 Å². The minimum atomic E-state index is -1.08. The van der Waals surface area contributed by atoms with E-state index >= 15 is 0 Å². The molecule has 0 bridgehead atoms. The van der Waals surface area contributed by atoms with Gasteiger partial charge in [0, 0.05) is 12.6 Å². The molecule has 0 unspecified atom stereocenters. The highest BCUT2D eigenvalue weighted by Gasteiger charge is 2.10. The molecule has 0 aliphatic rings. The van der Waals surface area contributed by atoms with E-state index in [1.807, 2.05) is 0 Å². The summed E-state index contributed by atoms with van der Waals surface area (Å²) in [6.45, 7) is -0.163. The van der Waals surface area contributed by atoms with Gasteiger partial charge in [-0.15, -0.1) is 0 Å². The SMILES string of the molecule is NC/C(=C/F)Cn1ncn(-c2ccc(F)c(F)c2)c1=O. The fraction of sp³-hybridized carbons (Fsp3) is 0.167. The standard InChI is InChI=1S/C12H11F3N4O/c13-4-8(5-16)6-19-12(20)18(7-17-19)9-1-2-10(14)11(15)3-9/h1-4,7H,5-6,16H2/b8-4-. The van der Waals surface area contributed by atoms with Crippen LogP contribution in [-0.2, 0) is 6.54 Å². The Kier molecular flexibility index (Phi) is 4.04. The van der Waals surface area contributed by atoms with Crippen LogP contribution in [0.3, 0.4) is 0 Å². The molecule has 8 heteroatoms. The van der Waals surface area contributed by atoms with E-state index in [0.717, 1.165) is 27.7 Å². The molecule has 1 heterocycles. The van der Waals surface area contributed by atoms with Crippen molar-refractivity contribution in [3.05, 3.63) is 58.5 Å². The average molecular weight is 284 g/mol. The van der Waals surface area contributed by atoms with Crippen LogP contribution in [0.2, 0.25) is 0 Å². The zero-order valence-corrected chi connectivity index (χ0v) is 10.3. The minimum Gasteiger partial charge on any atom is -0.327 e. The number of benzene rings is 1. The minimum absolute atomic E-state index is 0.0546. The Hall–Kier alpha value is -2.35.